The van der Waals surface area contributed by atoms with Crippen molar-refractivity contribution < 1.29 is 5.11 Å². The van der Waals surface area contributed by atoms with Crippen molar-refractivity contribution in [3.8, 4) is 0 Å². The molecule has 0 bridgehead atoms. The van der Waals surface area contributed by atoms with Gasteiger partial charge >= 0.3 is 0 Å². The van der Waals surface area contributed by atoms with Crippen molar-refractivity contribution in [2.75, 3.05) is 13.1 Å². The molecule has 0 aliphatic heterocycles. The van der Waals surface area contributed by atoms with Gasteiger partial charge in [-0.1, -0.05) is 24.5 Å². The Morgan fingerprint density at radius 1 is 1.29 bits per heavy atom. The maximum Gasteiger partial charge on any atom is 0.0771 e. The third kappa shape index (κ3) is 4.09. The summed E-state index contributed by atoms with van der Waals surface area (Å²) in [6, 6.07) is 0. The van der Waals surface area contributed by atoms with E-state index in [1.165, 1.54) is 6.42 Å². The molecule has 5 nitrogen and oxygen atoms in total. The Labute approximate surface area is 102 Å². The lowest BCUT2D eigenvalue weighted by atomic mass is 9.85. The fourth-order valence-electron chi connectivity index (χ4n) is 2.43. The normalized spacial score (nSPS) is 19.4. The molecule has 2 rings (SSSR count). The van der Waals surface area contributed by atoms with Crippen LogP contribution in [0.25, 0.3) is 0 Å². The summed E-state index contributed by atoms with van der Waals surface area (Å²) in [5.41, 5.74) is -0.453. The predicted molar refractivity (Wildman–Crippen MR) is 65.5 cm³/mol. The fourth-order valence-corrected chi connectivity index (χ4v) is 2.43. The quantitative estimate of drug-likeness (QED) is 0.724. The van der Waals surface area contributed by atoms with Crippen LogP contribution in [0.1, 0.15) is 38.5 Å². The van der Waals surface area contributed by atoms with Gasteiger partial charge in [0.05, 0.1) is 11.8 Å². The van der Waals surface area contributed by atoms with Crippen molar-refractivity contribution in [3.05, 3.63) is 12.4 Å². The topological polar surface area (TPSA) is 63.0 Å². The summed E-state index contributed by atoms with van der Waals surface area (Å²) in [7, 11) is 0. The molecule has 17 heavy (non-hydrogen) atoms. The van der Waals surface area contributed by atoms with Crippen molar-refractivity contribution in [2.45, 2.75) is 50.7 Å². The number of hydrogen-bond donors (Lipinski definition) is 2. The fraction of sp³-hybridized carbons (Fsp3) is 0.833. The Hall–Kier alpha value is -0.940. The number of rotatable bonds is 6. The van der Waals surface area contributed by atoms with Crippen LogP contribution in [0.2, 0.25) is 0 Å². The summed E-state index contributed by atoms with van der Waals surface area (Å²) < 4.78 is 1.83. The first-order chi connectivity index (χ1) is 8.29. The Kier molecular flexibility index (Phi) is 4.50. The van der Waals surface area contributed by atoms with Gasteiger partial charge in [-0.2, -0.15) is 0 Å². The van der Waals surface area contributed by atoms with Crippen molar-refractivity contribution in [1.82, 2.24) is 20.3 Å². The molecule has 1 aromatic rings. The number of hydrogen-bond acceptors (Lipinski definition) is 4. The Morgan fingerprint density at radius 3 is 2.82 bits per heavy atom. The minimum absolute atomic E-state index is 0.453. The van der Waals surface area contributed by atoms with E-state index >= 15 is 0 Å². The number of aliphatic hydroxyl groups is 1. The second-order valence-corrected chi connectivity index (χ2v) is 4.98. The summed E-state index contributed by atoms with van der Waals surface area (Å²) >= 11 is 0. The SMILES string of the molecule is OC1(CNCCCn2ccnn2)CCCCC1. The lowest BCUT2D eigenvalue weighted by Gasteiger charge is -2.32. The van der Waals surface area contributed by atoms with Gasteiger partial charge in [-0.25, -0.2) is 0 Å². The van der Waals surface area contributed by atoms with Crippen molar-refractivity contribution in [1.29, 1.82) is 0 Å². The standard InChI is InChI=1S/C12H22N4O/c17-12(5-2-1-3-6-12)11-13-7-4-9-16-10-8-14-15-16/h8,10,13,17H,1-7,9,11H2. The molecule has 2 N–H and O–H groups in total. The molecular formula is C12H22N4O. The highest BCUT2D eigenvalue weighted by Gasteiger charge is 2.28. The van der Waals surface area contributed by atoms with Gasteiger partial charge in [-0.05, 0) is 25.8 Å². The molecule has 1 aromatic heterocycles. The zero-order valence-corrected chi connectivity index (χ0v) is 10.3. The first-order valence-electron chi connectivity index (χ1n) is 6.56. The van der Waals surface area contributed by atoms with E-state index in [9.17, 15) is 5.11 Å². The van der Waals surface area contributed by atoms with Gasteiger partial charge < -0.3 is 10.4 Å². The first kappa shape index (κ1) is 12.5. The monoisotopic (exact) mass is 238 g/mol. The van der Waals surface area contributed by atoms with Gasteiger partial charge in [0.15, 0.2) is 0 Å². The lowest BCUT2D eigenvalue weighted by molar-refractivity contribution is 0.00500. The van der Waals surface area contributed by atoms with Crippen molar-refractivity contribution >= 4 is 0 Å². The number of aromatic nitrogens is 3. The largest absolute Gasteiger partial charge is 0.389 e. The number of nitrogens with one attached hydrogen (secondary N) is 1. The molecule has 1 aliphatic carbocycles. The van der Waals surface area contributed by atoms with Gasteiger partial charge in [-0.3, -0.25) is 4.68 Å². The minimum atomic E-state index is -0.453. The number of nitrogens with zero attached hydrogens (tertiary/aromatic N) is 3. The third-order valence-electron chi connectivity index (χ3n) is 3.45. The van der Waals surface area contributed by atoms with Crippen molar-refractivity contribution in [3.63, 3.8) is 0 Å². The average Bonchev–Trinajstić information content (AvgIpc) is 2.82. The minimum Gasteiger partial charge on any atom is -0.389 e. The summed E-state index contributed by atoms with van der Waals surface area (Å²) in [4.78, 5) is 0. The lowest BCUT2D eigenvalue weighted by Crippen LogP contribution is -2.42. The molecule has 0 atom stereocenters. The van der Waals surface area contributed by atoms with Gasteiger partial charge in [0, 0.05) is 19.3 Å². The van der Waals surface area contributed by atoms with E-state index in [0.717, 1.165) is 51.7 Å². The van der Waals surface area contributed by atoms with Crippen LogP contribution < -0.4 is 5.32 Å². The third-order valence-corrected chi connectivity index (χ3v) is 3.45. The predicted octanol–water partition coefficient (Wildman–Crippen LogP) is 0.953. The van der Waals surface area contributed by atoms with Crippen LogP contribution >= 0.6 is 0 Å². The van der Waals surface area contributed by atoms with E-state index in [-0.39, 0.29) is 0 Å². The van der Waals surface area contributed by atoms with E-state index in [1.54, 1.807) is 6.20 Å². The molecule has 1 aliphatic rings. The van der Waals surface area contributed by atoms with Crippen LogP contribution in [0.5, 0.6) is 0 Å². The van der Waals surface area contributed by atoms with Crippen LogP contribution in [0.4, 0.5) is 0 Å². The zero-order valence-electron chi connectivity index (χ0n) is 10.3. The highest BCUT2D eigenvalue weighted by atomic mass is 16.3. The summed E-state index contributed by atoms with van der Waals surface area (Å²) in [5, 5.41) is 21.3. The van der Waals surface area contributed by atoms with Crippen LogP contribution in [-0.4, -0.2) is 38.8 Å². The van der Waals surface area contributed by atoms with E-state index < -0.39 is 5.60 Å². The second-order valence-electron chi connectivity index (χ2n) is 4.98. The number of aryl methyl sites for hydroxylation is 1. The molecule has 5 heteroatoms. The molecule has 0 radical (unpaired) electrons. The molecule has 96 valence electrons. The maximum atomic E-state index is 10.3. The van der Waals surface area contributed by atoms with Crippen LogP contribution in [0.3, 0.4) is 0 Å². The molecule has 1 fully saturated rings. The molecule has 0 spiro atoms. The van der Waals surface area contributed by atoms with E-state index in [4.69, 9.17) is 0 Å². The van der Waals surface area contributed by atoms with Gasteiger partial charge in [0.1, 0.15) is 0 Å². The van der Waals surface area contributed by atoms with Crippen LogP contribution in [0.15, 0.2) is 12.4 Å². The molecule has 0 saturated heterocycles. The molecule has 1 saturated carbocycles. The molecule has 0 aromatic carbocycles. The molecule has 0 unspecified atom stereocenters. The van der Waals surface area contributed by atoms with Crippen LogP contribution in [-0.2, 0) is 6.54 Å². The summed E-state index contributed by atoms with van der Waals surface area (Å²) in [5.74, 6) is 0. The Balaban J connectivity index is 1.56. The molecule has 0 amide bonds. The van der Waals surface area contributed by atoms with E-state index in [0.29, 0.717) is 0 Å². The molecule has 1 heterocycles. The van der Waals surface area contributed by atoms with Crippen molar-refractivity contribution in [2.24, 2.45) is 0 Å². The summed E-state index contributed by atoms with van der Waals surface area (Å²) in [6.45, 7) is 2.53. The zero-order chi connectivity index (χ0) is 12.0. The van der Waals surface area contributed by atoms with E-state index in [2.05, 4.69) is 15.6 Å². The molecular weight excluding hydrogens is 216 g/mol. The van der Waals surface area contributed by atoms with Gasteiger partial charge in [0.25, 0.3) is 0 Å². The van der Waals surface area contributed by atoms with Crippen LogP contribution in [0, 0.1) is 0 Å². The highest BCUT2D eigenvalue weighted by molar-refractivity contribution is 4.84. The smallest absolute Gasteiger partial charge is 0.0771 e. The highest BCUT2D eigenvalue weighted by Crippen LogP contribution is 2.27. The average molecular weight is 238 g/mol. The second kappa shape index (κ2) is 6.12. The van der Waals surface area contributed by atoms with Gasteiger partial charge in [0.2, 0.25) is 0 Å². The first-order valence-corrected chi connectivity index (χ1v) is 6.56. The maximum absolute atomic E-state index is 10.3. The Morgan fingerprint density at radius 2 is 2.12 bits per heavy atom. The van der Waals surface area contributed by atoms with Gasteiger partial charge in [-0.15, -0.1) is 5.10 Å². The Bertz CT molecular complexity index is 306. The summed E-state index contributed by atoms with van der Waals surface area (Å²) in [6.07, 6.45) is 10.1. The van der Waals surface area contributed by atoms with E-state index in [1.807, 2.05) is 10.9 Å².